The average molecular weight is 333 g/mol. The number of hydrogen-bond donors (Lipinski definition) is 1. The molecule has 2 heterocycles. The van der Waals surface area contributed by atoms with Gasteiger partial charge >= 0.3 is 0 Å². The van der Waals surface area contributed by atoms with E-state index in [4.69, 9.17) is 4.74 Å². The second-order valence-corrected chi connectivity index (χ2v) is 7.29. The Hall–Kier alpha value is -1.50. The molecule has 0 bridgehead atoms. The van der Waals surface area contributed by atoms with Gasteiger partial charge in [-0.2, -0.15) is 0 Å². The Balaban J connectivity index is 1.68. The molecule has 1 saturated heterocycles. The zero-order valence-corrected chi connectivity index (χ0v) is 14.5. The number of piperidine rings is 1. The van der Waals surface area contributed by atoms with Crippen molar-refractivity contribution in [3.63, 3.8) is 0 Å². The fourth-order valence-electron chi connectivity index (χ4n) is 2.89. The molecule has 0 spiro atoms. The normalized spacial score (nSPS) is 16.8. The predicted molar refractivity (Wildman–Crippen MR) is 93.8 cm³/mol. The summed E-state index contributed by atoms with van der Waals surface area (Å²) in [6.45, 7) is 5.74. The smallest absolute Gasteiger partial charge is 0.252 e. The summed E-state index contributed by atoms with van der Waals surface area (Å²) in [5.41, 5.74) is 2.24. The van der Waals surface area contributed by atoms with Crippen molar-refractivity contribution < 1.29 is 9.53 Å². The van der Waals surface area contributed by atoms with Crippen molar-refractivity contribution in [1.29, 1.82) is 0 Å². The second kappa shape index (κ2) is 7.38. The fourth-order valence-corrected chi connectivity index (χ4v) is 3.83. The van der Waals surface area contributed by atoms with Gasteiger partial charge in [-0.15, -0.1) is 0 Å². The summed E-state index contributed by atoms with van der Waals surface area (Å²) < 4.78 is 5.93. The van der Waals surface area contributed by atoms with Crippen LogP contribution in [0.5, 0.6) is 0 Å². The molecule has 3 rings (SSSR count). The first-order valence-corrected chi connectivity index (χ1v) is 8.86. The van der Waals surface area contributed by atoms with Gasteiger partial charge in [0.15, 0.2) is 5.13 Å². The zero-order chi connectivity index (χ0) is 16.2. The minimum atomic E-state index is -0.172. The molecule has 0 aliphatic carbocycles. The van der Waals surface area contributed by atoms with E-state index < -0.39 is 0 Å². The van der Waals surface area contributed by atoms with Crippen LogP contribution in [0.1, 0.15) is 25.3 Å². The molecule has 6 heteroatoms. The summed E-state index contributed by atoms with van der Waals surface area (Å²) >= 11 is 1.51. The van der Waals surface area contributed by atoms with Gasteiger partial charge in [0.2, 0.25) is 0 Å². The molecule has 1 N–H and O–H groups in total. The van der Waals surface area contributed by atoms with E-state index in [0.29, 0.717) is 5.13 Å². The molecule has 0 radical (unpaired) electrons. The number of nitrogens with zero attached hydrogens (tertiary/aromatic N) is 2. The van der Waals surface area contributed by atoms with Gasteiger partial charge in [-0.1, -0.05) is 24.3 Å². The molecule has 1 amide bonds. The van der Waals surface area contributed by atoms with Crippen LogP contribution in [0.4, 0.5) is 5.13 Å². The topological polar surface area (TPSA) is 54.5 Å². The highest BCUT2D eigenvalue weighted by molar-refractivity contribution is 7.22. The van der Waals surface area contributed by atoms with Crippen LogP contribution in [-0.2, 0) is 16.1 Å². The molecule has 23 heavy (non-hydrogen) atoms. The number of fused-ring (bicyclic) bond motifs is 1. The van der Waals surface area contributed by atoms with E-state index in [0.717, 1.165) is 22.7 Å². The first kappa shape index (κ1) is 16.4. The molecule has 0 saturated carbocycles. The van der Waals surface area contributed by atoms with Crippen molar-refractivity contribution in [2.24, 2.45) is 5.92 Å². The van der Waals surface area contributed by atoms with Crippen molar-refractivity contribution in [2.45, 2.75) is 26.3 Å². The molecule has 1 fully saturated rings. The highest BCUT2D eigenvalue weighted by Gasteiger charge is 2.16. The number of thiazole rings is 1. The number of hydrogen-bond acceptors (Lipinski definition) is 5. The molecule has 2 aromatic rings. The zero-order valence-electron chi connectivity index (χ0n) is 13.7. The lowest BCUT2D eigenvalue weighted by Crippen LogP contribution is -2.32. The minimum absolute atomic E-state index is 0.0502. The quantitative estimate of drug-likeness (QED) is 0.913. The molecule has 5 nitrogen and oxygen atoms in total. The number of aromatic nitrogens is 1. The van der Waals surface area contributed by atoms with Crippen LogP contribution >= 0.6 is 11.3 Å². The van der Waals surface area contributed by atoms with E-state index in [1.165, 1.54) is 49.9 Å². The molecule has 1 aromatic carbocycles. The first-order valence-electron chi connectivity index (χ1n) is 8.04. The number of carbonyl (C=O) groups is 1. The van der Waals surface area contributed by atoms with Crippen LogP contribution in [-0.4, -0.2) is 42.6 Å². The van der Waals surface area contributed by atoms with Gasteiger partial charge in [-0.25, -0.2) is 4.98 Å². The summed E-state index contributed by atoms with van der Waals surface area (Å²) in [4.78, 5) is 18.5. The van der Waals surface area contributed by atoms with Gasteiger partial charge in [0.25, 0.3) is 5.91 Å². The van der Waals surface area contributed by atoms with Gasteiger partial charge in [0.1, 0.15) is 6.61 Å². The maximum Gasteiger partial charge on any atom is 0.252 e. The third-order valence-corrected chi connectivity index (χ3v) is 5.19. The molecule has 1 aromatic heterocycles. The van der Waals surface area contributed by atoms with Gasteiger partial charge in [-0.3, -0.25) is 15.0 Å². The van der Waals surface area contributed by atoms with Gasteiger partial charge in [-0.05, 0) is 49.5 Å². The van der Waals surface area contributed by atoms with Crippen molar-refractivity contribution in [3.05, 3.63) is 23.8 Å². The molecular formula is C17H23N3O2S. The van der Waals surface area contributed by atoms with Crippen molar-refractivity contribution in [2.75, 3.05) is 32.1 Å². The molecule has 0 atom stereocenters. The highest BCUT2D eigenvalue weighted by atomic mass is 32.1. The van der Waals surface area contributed by atoms with Gasteiger partial charge < -0.3 is 4.74 Å². The highest BCUT2D eigenvalue weighted by Crippen LogP contribution is 2.27. The van der Waals surface area contributed by atoms with E-state index in [9.17, 15) is 4.79 Å². The van der Waals surface area contributed by atoms with E-state index in [-0.39, 0.29) is 12.5 Å². The molecule has 0 unspecified atom stereocenters. The number of anilines is 1. The number of benzene rings is 1. The Morgan fingerprint density at radius 1 is 1.43 bits per heavy atom. The number of rotatable bonds is 5. The summed E-state index contributed by atoms with van der Waals surface area (Å²) in [5, 5.41) is 3.40. The van der Waals surface area contributed by atoms with Crippen LogP contribution in [0, 0.1) is 5.92 Å². The maximum atomic E-state index is 11.6. The second-order valence-electron chi connectivity index (χ2n) is 6.26. The van der Waals surface area contributed by atoms with Crippen molar-refractivity contribution >= 4 is 32.6 Å². The predicted octanol–water partition coefficient (Wildman–Crippen LogP) is 3.11. The number of methoxy groups -OCH3 is 1. The van der Waals surface area contributed by atoms with Crippen molar-refractivity contribution in [1.82, 2.24) is 9.88 Å². The summed E-state index contributed by atoms with van der Waals surface area (Å²) in [6, 6.07) is 6.37. The largest absolute Gasteiger partial charge is 0.375 e. The number of likely N-dealkylation sites (tertiary alicyclic amines) is 1. The Labute approximate surface area is 140 Å². The Morgan fingerprint density at radius 2 is 2.22 bits per heavy atom. The van der Waals surface area contributed by atoms with Crippen LogP contribution < -0.4 is 5.32 Å². The average Bonchev–Trinajstić information content (AvgIpc) is 2.91. The Kier molecular flexibility index (Phi) is 5.25. The first-order chi connectivity index (χ1) is 11.1. The third-order valence-electron chi connectivity index (χ3n) is 4.26. The fraction of sp³-hybridized carbons (Fsp3) is 0.529. The summed E-state index contributed by atoms with van der Waals surface area (Å²) in [6.07, 6.45) is 2.58. The van der Waals surface area contributed by atoms with Crippen LogP contribution in [0.3, 0.4) is 0 Å². The maximum absolute atomic E-state index is 11.6. The van der Waals surface area contributed by atoms with Crippen LogP contribution in [0.2, 0.25) is 0 Å². The van der Waals surface area contributed by atoms with E-state index in [1.54, 1.807) is 0 Å². The number of ether oxygens (including phenoxy) is 1. The van der Waals surface area contributed by atoms with Gasteiger partial charge in [0, 0.05) is 13.7 Å². The molecule has 1 aliphatic rings. The molecular weight excluding hydrogens is 310 g/mol. The standard InChI is InChI=1S/C17H23N3O2S/c1-12-5-7-20(8-6-12)10-13-3-4-14-15(9-13)23-17(18-14)19-16(21)11-22-2/h3-4,9,12H,5-8,10-11H2,1-2H3,(H,18,19,21). The van der Waals surface area contributed by atoms with Crippen molar-refractivity contribution in [3.8, 4) is 0 Å². The monoisotopic (exact) mass is 333 g/mol. The summed E-state index contributed by atoms with van der Waals surface area (Å²) in [5.74, 6) is 0.683. The number of nitrogens with one attached hydrogen (secondary N) is 1. The molecule has 1 aliphatic heterocycles. The van der Waals surface area contributed by atoms with E-state index in [1.807, 2.05) is 6.07 Å². The molecule has 124 valence electrons. The van der Waals surface area contributed by atoms with Crippen LogP contribution in [0.15, 0.2) is 18.2 Å². The third kappa shape index (κ3) is 4.28. The van der Waals surface area contributed by atoms with E-state index >= 15 is 0 Å². The lowest BCUT2D eigenvalue weighted by molar-refractivity contribution is -0.119. The SMILES string of the molecule is COCC(=O)Nc1nc2ccc(CN3CCC(C)CC3)cc2s1. The minimum Gasteiger partial charge on any atom is -0.375 e. The number of amides is 1. The van der Waals surface area contributed by atoms with Crippen LogP contribution in [0.25, 0.3) is 10.2 Å². The van der Waals surface area contributed by atoms with Gasteiger partial charge in [0.05, 0.1) is 10.2 Å². The lowest BCUT2D eigenvalue weighted by atomic mass is 9.99. The van der Waals surface area contributed by atoms with E-state index in [2.05, 4.69) is 34.3 Å². The Morgan fingerprint density at radius 3 is 2.96 bits per heavy atom. The summed E-state index contributed by atoms with van der Waals surface area (Å²) in [7, 11) is 1.51. The number of carbonyl (C=O) groups excluding carboxylic acids is 1. The Bertz CT molecular complexity index is 678. The lowest BCUT2D eigenvalue weighted by Gasteiger charge is -2.30.